The van der Waals surface area contributed by atoms with E-state index in [1.54, 1.807) is 6.92 Å². The molecule has 10 heavy (non-hydrogen) atoms. The molecule has 58 valence electrons. The van der Waals surface area contributed by atoms with E-state index in [0.29, 0.717) is 0 Å². The summed E-state index contributed by atoms with van der Waals surface area (Å²) >= 11 is 0. The van der Waals surface area contributed by atoms with E-state index in [1.165, 1.54) is 0 Å². The summed E-state index contributed by atoms with van der Waals surface area (Å²) in [6, 6.07) is 0. The Morgan fingerprint density at radius 1 is 1.40 bits per heavy atom. The normalized spacial score (nSPS) is 8.50. The highest BCUT2D eigenvalue weighted by Crippen LogP contribution is 1.82. The molecule has 0 aromatic heterocycles. The maximum Gasteiger partial charge on any atom is 0.508 e. The minimum absolute atomic E-state index is 0.220. The Hall–Kier alpha value is -1.26. The fraction of sp³-hybridized carbons (Fsp3) is 0.600. The van der Waals surface area contributed by atoms with Crippen molar-refractivity contribution in [1.29, 1.82) is 0 Å². The van der Waals surface area contributed by atoms with E-state index in [2.05, 4.69) is 15.2 Å². The summed E-state index contributed by atoms with van der Waals surface area (Å²) in [5, 5.41) is 0. The zero-order valence-electron chi connectivity index (χ0n) is 5.62. The van der Waals surface area contributed by atoms with Gasteiger partial charge in [0.25, 0.3) is 5.91 Å². The van der Waals surface area contributed by atoms with Crippen molar-refractivity contribution >= 4 is 12.1 Å². The van der Waals surface area contributed by atoms with Crippen LogP contribution in [0, 0.1) is 0 Å². The number of primary amides is 1. The molecule has 0 aliphatic rings. The Morgan fingerprint density at radius 3 is 2.40 bits per heavy atom. The maximum absolute atomic E-state index is 10.3. The molecule has 0 rings (SSSR count). The third-order valence-electron chi connectivity index (χ3n) is 0.594. The maximum atomic E-state index is 10.3. The average Bonchev–Trinajstić information content (AvgIpc) is 1.85. The molecule has 0 aromatic carbocycles. The van der Waals surface area contributed by atoms with Crippen molar-refractivity contribution in [2.45, 2.75) is 6.92 Å². The van der Waals surface area contributed by atoms with Gasteiger partial charge in [-0.15, -0.1) is 0 Å². The van der Waals surface area contributed by atoms with Crippen LogP contribution in [0.5, 0.6) is 0 Å². The van der Waals surface area contributed by atoms with Crippen LogP contribution in [0.25, 0.3) is 0 Å². The van der Waals surface area contributed by atoms with E-state index < -0.39 is 18.7 Å². The van der Waals surface area contributed by atoms with Gasteiger partial charge in [0.05, 0.1) is 6.61 Å². The summed E-state index contributed by atoms with van der Waals surface area (Å²) in [6.45, 7) is 1.42. The topological polar surface area (TPSA) is 78.6 Å². The number of nitrogens with two attached hydrogens (primary N) is 1. The zero-order valence-corrected chi connectivity index (χ0v) is 5.62. The van der Waals surface area contributed by atoms with Gasteiger partial charge in [-0.3, -0.25) is 4.79 Å². The van der Waals surface area contributed by atoms with Crippen molar-refractivity contribution in [2.75, 3.05) is 13.2 Å². The van der Waals surface area contributed by atoms with E-state index in [-0.39, 0.29) is 6.61 Å². The fourth-order valence-corrected chi connectivity index (χ4v) is 0.290. The van der Waals surface area contributed by atoms with E-state index >= 15 is 0 Å². The van der Waals surface area contributed by atoms with Gasteiger partial charge in [0, 0.05) is 0 Å². The number of amides is 1. The first-order valence-electron chi connectivity index (χ1n) is 2.74. The monoisotopic (exact) mass is 147 g/mol. The van der Waals surface area contributed by atoms with Crippen molar-refractivity contribution in [3.8, 4) is 0 Å². The van der Waals surface area contributed by atoms with Crippen LogP contribution in [0.3, 0.4) is 0 Å². The zero-order chi connectivity index (χ0) is 7.98. The second kappa shape index (κ2) is 4.60. The number of rotatable bonds is 3. The average molecular weight is 147 g/mol. The van der Waals surface area contributed by atoms with Gasteiger partial charge >= 0.3 is 6.16 Å². The van der Waals surface area contributed by atoms with Crippen molar-refractivity contribution < 1.29 is 19.1 Å². The minimum atomic E-state index is -0.874. The third kappa shape index (κ3) is 4.89. The lowest BCUT2D eigenvalue weighted by atomic mass is 10.7. The Bertz CT molecular complexity index is 134. The van der Waals surface area contributed by atoms with Crippen LogP contribution >= 0.6 is 0 Å². The summed E-state index contributed by atoms with van der Waals surface area (Å²) in [5.74, 6) is -0.701. The van der Waals surface area contributed by atoms with Crippen LogP contribution in [0.1, 0.15) is 6.92 Å². The van der Waals surface area contributed by atoms with E-state index in [9.17, 15) is 9.59 Å². The molecule has 5 heteroatoms. The van der Waals surface area contributed by atoms with Crippen molar-refractivity contribution in [2.24, 2.45) is 5.73 Å². The molecule has 1 amide bonds. The van der Waals surface area contributed by atoms with Gasteiger partial charge < -0.3 is 15.2 Å². The van der Waals surface area contributed by atoms with Crippen LogP contribution < -0.4 is 5.73 Å². The molecule has 0 aliphatic carbocycles. The third-order valence-corrected chi connectivity index (χ3v) is 0.594. The molecule has 0 heterocycles. The predicted molar refractivity (Wildman–Crippen MR) is 32.2 cm³/mol. The highest BCUT2D eigenvalue weighted by Gasteiger charge is 2.02. The number of hydrogen-bond acceptors (Lipinski definition) is 4. The van der Waals surface area contributed by atoms with Gasteiger partial charge in [-0.25, -0.2) is 4.79 Å². The Labute approximate surface area is 58.1 Å². The number of ether oxygens (including phenoxy) is 2. The highest BCUT2D eigenvalue weighted by molar-refractivity contribution is 5.77. The van der Waals surface area contributed by atoms with Crippen molar-refractivity contribution in [1.82, 2.24) is 0 Å². The molecule has 5 nitrogen and oxygen atoms in total. The Balaban J connectivity index is 3.30. The van der Waals surface area contributed by atoms with Crippen LogP contribution in [-0.4, -0.2) is 25.3 Å². The Morgan fingerprint density at radius 2 is 2.00 bits per heavy atom. The molecule has 0 atom stereocenters. The molecule has 0 saturated heterocycles. The summed E-state index contributed by atoms with van der Waals surface area (Å²) in [4.78, 5) is 20.3. The lowest BCUT2D eigenvalue weighted by Crippen LogP contribution is -2.21. The summed E-state index contributed by atoms with van der Waals surface area (Å²) in [6.07, 6.45) is -0.874. The second-order valence-corrected chi connectivity index (χ2v) is 1.44. The number of hydrogen-bond donors (Lipinski definition) is 1. The number of carbonyl (C=O) groups excluding carboxylic acids is 2. The summed E-state index contributed by atoms with van der Waals surface area (Å²) < 4.78 is 8.53. The molecular formula is C5H9NO4. The molecule has 0 radical (unpaired) electrons. The van der Waals surface area contributed by atoms with Crippen LogP contribution in [0.15, 0.2) is 0 Å². The van der Waals surface area contributed by atoms with Crippen LogP contribution in [0.2, 0.25) is 0 Å². The van der Waals surface area contributed by atoms with Gasteiger partial charge in [-0.2, -0.15) is 0 Å². The largest absolute Gasteiger partial charge is 0.508 e. The lowest BCUT2D eigenvalue weighted by Gasteiger charge is -1.99. The summed E-state index contributed by atoms with van der Waals surface area (Å²) in [5.41, 5.74) is 4.67. The van der Waals surface area contributed by atoms with Gasteiger partial charge in [0.2, 0.25) is 0 Å². The van der Waals surface area contributed by atoms with Gasteiger partial charge in [0.15, 0.2) is 6.61 Å². The number of carbonyl (C=O) groups is 2. The smallest absolute Gasteiger partial charge is 0.435 e. The molecule has 0 saturated carbocycles. The molecule has 0 bridgehead atoms. The van der Waals surface area contributed by atoms with Gasteiger partial charge in [-0.1, -0.05) is 0 Å². The van der Waals surface area contributed by atoms with E-state index in [0.717, 1.165) is 0 Å². The Kier molecular flexibility index (Phi) is 4.02. The SMILES string of the molecule is CCOC(=O)OCC(N)=O. The first-order chi connectivity index (χ1) is 4.66. The fourth-order valence-electron chi connectivity index (χ4n) is 0.290. The molecule has 0 spiro atoms. The molecule has 0 fully saturated rings. The molecule has 0 aromatic rings. The minimum Gasteiger partial charge on any atom is -0.435 e. The first-order valence-corrected chi connectivity index (χ1v) is 2.74. The molecule has 0 unspecified atom stereocenters. The van der Waals surface area contributed by atoms with Crippen molar-refractivity contribution in [3.63, 3.8) is 0 Å². The standard InChI is InChI=1S/C5H9NO4/c1-2-9-5(8)10-3-4(6)7/h2-3H2,1H3,(H2,6,7). The molecule has 0 aliphatic heterocycles. The quantitative estimate of drug-likeness (QED) is 0.553. The first kappa shape index (κ1) is 8.74. The molecule has 2 N–H and O–H groups in total. The van der Waals surface area contributed by atoms with E-state index in [1.807, 2.05) is 0 Å². The predicted octanol–water partition coefficient (Wildman–Crippen LogP) is -0.355. The lowest BCUT2D eigenvalue weighted by molar-refractivity contribution is -0.121. The second-order valence-electron chi connectivity index (χ2n) is 1.44. The molecular weight excluding hydrogens is 138 g/mol. The summed E-state index contributed by atoms with van der Waals surface area (Å²) in [7, 11) is 0. The van der Waals surface area contributed by atoms with Gasteiger partial charge in [-0.05, 0) is 6.92 Å². The van der Waals surface area contributed by atoms with Crippen LogP contribution in [-0.2, 0) is 14.3 Å². The van der Waals surface area contributed by atoms with Crippen LogP contribution in [0.4, 0.5) is 4.79 Å². The highest BCUT2D eigenvalue weighted by atomic mass is 16.7. The van der Waals surface area contributed by atoms with E-state index in [4.69, 9.17) is 0 Å². The van der Waals surface area contributed by atoms with Crippen molar-refractivity contribution in [3.05, 3.63) is 0 Å². The van der Waals surface area contributed by atoms with Gasteiger partial charge in [0.1, 0.15) is 0 Å².